The van der Waals surface area contributed by atoms with Crippen LogP contribution in [0.4, 0.5) is 5.95 Å². The molecule has 3 N–H and O–H groups in total. The molecule has 0 fully saturated rings. The quantitative estimate of drug-likeness (QED) is 0.672. The number of imidazole rings is 1. The molecule has 3 rings (SSSR count). The molecule has 0 saturated heterocycles. The van der Waals surface area contributed by atoms with E-state index in [-0.39, 0.29) is 5.56 Å². The van der Waals surface area contributed by atoms with Crippen LogP contribution in [0.5, 0.6) is 0 Å². The van der Waals surface area contributed by atoms with E-state index < -0.39 is 0 Å². The zero-order chi connectivity index (χ0) is 15.0. The van der Waals surface area contributed by atoms with Crippen molar-refractivity contribution in [2.45, 2.75) is 19.9 Å². The van der Waals surface area contributed by atoms with E-state index in [0.717, 1.165) is 12.1 Å². The third-order valence-electron chi connectivity index (χ3n) is 3.15. The largest absolute Gasteiger partial charge is 0.348 e. The number of nitrogens with one attached hydrogen (secondary N) is 3. The lowest BCUT2D eigenvalue weighted by Gasteiger charge is -2.03. The fraction of sp³-hybridized carbons (Fsp3) is 0.333. The lowest BCUT2D eigenvalue weighted by atomic mass is 10.4. The summed E-state index contributed by atoms with van der Waals surface area (Å²) in [6.07, 6.45) is 2.33. The molecule has 0 aromatic carbocycles. The molecule has 0 unspecified atom stereocenters. The van der Waals surface area contributed by atoms with Gasteiger partial charge in [-0.1, -0.05) is 18.5 Å². The molecule has 0 aliphatic rings. The van der Waals surface area contributed by atoms with Crippen LogP contribution in [0.25, 0.3) is 11.0 Å². The summed E-state index contributed by atoms with van der Waals surface area (Å²) in [4.78, 5) is 26.2. The van der Waals surface area contributed by atoms with Crippen LogP contribution in [-0.2, 0) is 20.0 Å². The molecule has 3 aromatic heterocycles. The first kappa shape index (κ1) is 13.6. The maximum absolute atomic E-state index is 12.0. The maximum Gasteiger partial charge on any atom is 0.278 e. The summed E-state index contributed by atoms with van der Waals surface area (Å²) in [5.74, 6) is 1.05. The minimum Gasteiger partial charge on any atom is -0.348 e. The number of hydrogen-bond acceptors (Lipinski definition) is 5. The topological polar surface area (TPSA) is 104 Å². The molecule has 0 saturated carbocycles. The Bertz CT molecular complexity index is 847. The van der Waals surface area contributed by atoms with Gasteiger partial charge in [0, 0.05) is 7.05 Å². The molecule has 110 valence electrons. The average Bonchev–Trinajstić information content (AvgIpc) is 3.00. The van der Waals surface area contributed by atoms with Crippen LogP contribution >= 0.6 is 11.6 Å². The van der Waals surface area contributed by atoms with E-state index in [0.29, 0.717) is 34.5 Å². The second-order valence-corrected chi connectivity index (χ2v) is 4.93. The van der Waals surface area contributed by atoms with Crippen molar-refractivity contribution in [3.8, 4) is 0 Å². The van der Waals surface area contributed by atoms with Crippen LogP contribution in [0, 0.1) is 0 Å². The zero-order valence-electron chi connectivity index (χ0n) is 11.6. The van der Waals surface area contributed by atoms with Gasteiger partial charge in [0.1, 0.15) is 16.5 Å². The van der Waals surface area contributed by atoms with Crippen molar-refractivity contribution in [1.29, 1.82) is 0 Å². The molecule has 0 radical (unpaired) electrons. The molecule has 8 nitrogen and oxygen atoms in total. The molecule has 0 bridgehead atoms. The highest BCUT2D eigenvalue weighted by atomic mass is 35.5. The van der Waals surface area contributed by atoms with Crippen molar-refractivity contribution in [2.75, 3.05) is 5.32 Å². The molecule has 0 atom stereocenters. The summed E-state index contributed by atoms with van der Waals surface area (Å²) in [6.45, 7) is 2.38. The Morgan fingerprint density at radius 2 is 2.19 bits per heavy atom. The number of aromatic nitrogens is 6. The zero-order valence-corrected chi connectivity index (χ0v) is 12.3. The first-order valence-corrected chi connectivity index (χ1v) is 6.85. The van der Waals surface area contributed by atoms with Crippen molar-refractivity contribution in [3.63, 3.8) is 0 Å². The normalized spacial score (nSPS) is 11.2. The van der Waals surface area contributed by atoms with Gasteiger partial charge in [0.05, 0.1) is 18.4 Å². The number of aryl methyl sites for hydroxylation is 2. The van der Waals surface area contributed by atoms with Crippen molar-refractivity contribution >= 4 is 28.6 Å². The summed E-state index contributed by atoms with van der Waals surface area (Å²) in [7, 11) is 1.70. The Balaban J connectivity index is 1.83. The minimum absolute atomic E-state index is 0.241. The van der Waals surface area contributed by atoms with Crippen molar-refractivity contribution in [2.24, 2.45) is 7.05 Å². The van der Waals surface area contributed by atoms with Gasteiger partial charge in [-0.05, 0) is 6.42 Å². The number of H-pyrrole nitrogens is 2. The molecule has 0 spiro atoms. The van der Waals surface area contributed by atoms with Gasteiger partial charge >= 0.3 is 0 Å². The van der Waals surface area contributed by atoms with E-state index in [1.807, 2.05) is 6.92 Å². The van der Waals surface area contributed by atoms with E-state index >= 15 is 0 Å². The van der Waals surface area contributed by atoms with E-state index in [2.05, 4.69) is 30.4 Å². The minimum atomic E-state index is -0.241. The molecule has 3 heterocycles. The molecule has 0 aliphatic heterocycles. The number of anilines is 1. The van der Waals surface area contributed by atoms with Crippen LogP contribution in [0.1, 0.15) is 18.4 Å². The standard InChI is InChI=1S/C12H14ClN7O/c1-3-6-10(13)18-8(16-6)5-14-12-17-7-4-15-20(2)9(7)11(21)19-12/h4H,3,5H2,1-2H3,(H,16,18)(H2,14,17,19,21). The van der Waals surface area contributed by atoms with Crippen LogP contribution in [0.2, 0.25) is 5.15 Å². The number of halogens is 1. The highest BCUT2D eigenvalue weighted by Crippen LogP contribution is 2.14. The van der Waals surface area contributed by atoms with E-state index in [1.54, 1.807) is 13.2 Å². The van der Waals surface area contributed by atoms with Crippen molar-refractivity contribution in [3.05, 3.63) is 33.2 Å². The average molecular weight is 308 g/mol. The SMILES string of the molecule is CCc1[nH]c(CNc2nc3cnn(C)c3c(=O)[nH]2)nc1Cl. The fourth-order valence-electron chi connectivity index (χ4n) is 2.09. The van der Waals surface area contributed by atoms with Gasteiger partial charge in [0.2, 0.25) is 5.95 Å². The van der Waals surface area contributed by atoms with Gasteiger partial charge in [0.15, 0.2) is 5.52 Å². The van der Waals surface area contributed by atoms with E-state index in [4.69, 9.17) is 11.6 Å². The van der Waals surface area contributed by atoms with Crippen LogP contribution in [-0.4, -0.2) is 29.7 Å². The van der Waals surface area contributed by atoms with E-state index in [9.17, 15) is 4.79 Å². The number of fused-ring (bicyclic) bond motifs is 1. The number of nitrogens with zero attached hydrogens (tertiary/aromatic N) is 4. The van der Waals surface area contributed by atoms with Gasteiger partial charge in [-0.3, -0.25) is 14.5 Å². The second kappa shape index (κ2) is 5.21. The molecule has 21 heavy (non-hydrogen) atoms. The summed E-state index contributed by atoms with van der Waals surface area (Å²) < 4.78 is 1.49. The summed E-state index contributed by atoms with van der Waals surface area (Å²) in [6, 6.07) is 0. The predicted molar refractivity (Wildman–Crippen MR) is 79.4 cm³/mol. The molecule has 3 aromatic rings. The summed E-state index contributed by atoms with van der Waals surface area (Å²) in [5.41, 5.74) is 1.62. The van der Waals surface area contributed by atoms with Crippen molar-refractivity contribution < 1.29 is 0 Å². The predicted octanol–water partition coefficient (Wildman–Crippen LogP) is 1.21. The lowest BCUT2D eigenvalue weighted by molar-refractivity contribution is 0.792. The van der Waals surface area contributed by atoms with Crippen LogP contribution in [0.3, 0.4) is 0 Å². The number of hydrogen-bond donors (Lipinski definition) is 3. The molecule has 9 heteroatoms. The van der Waals surface area contributed by atoms with Crippen LogP contribution < -0.4 is 10.9 Å². The summed E-state index contributed by atoms with van der Waals surface area (Å²) in [5, 5.41) is 7.49. The third-order valence-corrected chi connectivity index (χ3v) is 3.47. The Morgan fingerprint density at radius 3 is 2.90 bits per heavy atom. The van der Waals surface area contributed by atoms with E-state index in [1.165, 1.54) is 4.68 Å². The van der Waals surface area contributed by atoms with Gasteiger partial charge < -0.3 is 10.3 Å². The van der Waals surface area contributed by atoms with Crippen molar-refractivity contribution in [1.82, 2.24) is 29.7 Å². The van der Waals surface area contributed by atoms with Gasteiger partial charge in [0.25, 0.3) is 5.56 Å². The van der Waals surface area contributed by atoms with Gasteiger partial charge in [-0.2, -0.15) is 5.10 Å². The fourth-order valence-corrected chi connectivity index (χ4v) is 2.38. The molecule has 0 amide bonds. The highest BCUT2D eigenvalue weighted by molar-refractivity contribution is 6.30. The Kier molecular flexibility index (Phi) is 3.38. The molecular weight excluding hydrogens is 294 g/mol. The van der Waals surface area contributed by atoms with Gasteiger partial charge in [-0.25, -0.2) is 9.97 Å². The first-order valence-electron chi connectivity index (χ1n) is 6.47. The Labute approximate surface area is 124 Å². The highest BCUT2D eigenvalue weighted by Gasteiger charge is 2.09. The number of aromatic amines is 2. The third kappa shape index (κ3) is 2.49. The molecular formula is C12H14ClN7O. The Hall–Kier alpha value is -2.35. The lowest BCUT2D eigenvalue weighted by Crippen LogP contribution is -2.15. The van der Waals surface area contributed by atoms with Gasteiger partial charge in [-0.15, -0.1) is 0 Å². The van der Waals surface area contributed by atoms with Crippen LogP contribution in [0.15, 0.2) is 11.0 Å². The second-order valence-electron chi connectivity index (χ2n) is 4.58. The monoisotopic (exact) mass is 307 g/mol. The summed E-state index contributed by atoms with van der Waals surface area (Å²) >= 11 is 5.98. The smallest absolute Gasteiger partial charge is 0.278 e. The Morgan fingerprint density at radius 1 is 1.38 bits per heavy atom. The maximum atomic E-state index is 12.0. The molecule has 0 aliphatic carbocycles. The number of rotatable bonds is 4. The first-order chi connectivity index (χ1) is 10.1.